The molecule has 25 heavy (non-hydrogen) atoms. The molecule has 6 nitrogen and oxygen atoms in total. The highest BCUT2D eigenvalue weighted by Crippen LogP contribution is 2.25. The lowest BCUT2D eigenvalue weighted by molar-refractivity contribution is -0.118. The smallest absolute Gasteiger partial charge is 0.262 e. The van der Waals surface area contributed by atoms with Crippen LogP contribution in [0, 0.1) is 0 Å². The van der Waals surface area contributed by atoms with Gasteiger partial charge in [-0.3, -0.25) is 4.79 Å². The SMILES string of the molecule is NS(=O)(=O)c1ccc(NC(=O)COc2cccc3ccccc23)cc1. The van der Waals surface area contributed by atoms with Crippen LogP contribution in [-0.2, 0) is 14.8 Å². The number of carbonyl (C=O) groups excluding carboxylic acids is 1. The van der Waals surface area contributed by atoms with Crippen LogP contribution in [0.4, 0.5) is 5.69 Å². The molecule has 3 N–H and O–H groups in total. The number of rotatable bonds is 5. The van der Waals surface area contributed by atoms with Gasteiger partial charge in [0.25, 0.3) is 5.91 Å². The molecular weight excluding hydrogens is 340 g/mol. The average molecular weight is 356 g/mol. The zero-order valence-corrected chi connectivity index (χ0v) is 14.0. The first-order chi connectivity index (χ1) is 11.9. The van der Waals surface area contributed by atoms with Gasteiger partial charge in [-0.2, -0.15) is 0 Å². The highest BCUT2D eigenvalue weighted by Gasteiger charge is 2.09. The summed E-state index contributed by atoms with van der Waals surface area (Å²) < 4.78 is 28.0. The third kappa shape index (κ3) is 4.14. The summed E-state index contributed by atoms with van der Waals surface area (Å²) in [5.41, 5.74) is 0.457. The van der Waals surface area contributed by atoms with Gasteiger partial charge < -0.3 is 10.1 Å². The van der Waals surface area contributed by atoms with E-state index < -0.39 is 10.0 Å². The van der Waals surface area contributed by atoms with E-state index >= 15 is 0 Å². The molecule has 3 rings (SSSR count). The Morgan fingerprint density at radius 3 is 2.36 bits per heavy atom. The fourth-order valence-electron chi connectivity index (χ4n) is 2.39. The molecule has 0 saturated carbocycles. The number of hydrogen-bond acceptors (Lipinski definition) is 4. The van der Waals surface area contributed by atoms with Crippen LogP contribution < -0.4 is 15.2 Å². The van der Waals surface area contributed by atoms with Crippen LogP contribution in [0.2, 0.25) is 0 Å². The lowest BCUT2D eigenvalue weighted by Crippen LogP contribution is -2.20. The molecule has 0 saturated heterocycles. The molecule has 0 aromatic heterocycles. The van der Waals surface area contributed by atoms with Crippen molar-refractivity contribution >= 4 is 32.4 Å². The summed E-state index contributed by atoms with van der Waals surface area (Å²) >= 11 is 0. The molecule has 0 fully saturated rings. The molecule has 7 heteroatoms. The van der Waals surface area contributed by atoms with Gasteiger partial charge in [0.2, 0.25) is 10.0 Å². The van der Waals surface area contributed by atoms with Gasteiger partial charge in [-0.1, -0.05) is 36.4 Å². The molecule has 3 aromatic rings. The molecule has 0 aliphatic carbocycles. The topological polar surface area (TPSA) is 98.5 Å². The van der Waals surface area contributed by atoms with Crippen molar-refractivity contribution in [2.45, 2.75) is 4.90 Å². The molecular formula is C18H16N2O4S. The minimum absolute atomic E-state index is 0.0162. The lowest BCUT2D eigenvalue weighted by Gasteiger charge is -2.10. The van der Waals surface area contributed by atoms with Gasteiger partial charge in [-0.15, -0.1) is 0 Å². The minimum Gasteiger partial charge on any atom is -0.483 e. The largest absolute Gasteiger partial charge is 0.483 e. The number of carbonyl (C=O) groups is 1. The summed E-state index contributed by atoms with van der Waals surface area (Å²) in [4.78, 5) is 12.0. The number of ether oxygens (including phenoxy) is 1. The maximum absolute atomic E-state index is 12.0. The van der Waals surface area contributed by atoms with Crippen molar-refractivity contribution in [3.8, 4) is 5.75 Å². The molecule has 0 heterocycles. The van der Waals surface area contributed by atoms with Crippen LogP contribution >= 0.6 is 0 Å². The van der Waals surface area contributed by atoms with E-state index in [1.807, 2.05) is 36.4 Å². The zero-order valence-electron chi connectivity index (χ0n) is 13.2. The van der Waals surface area contributed by atoms with Gasteiger partial charge >= 0.3 is 0 Å². The Labute approximate surface area is 145 Å². The van der Waals surface area contributed by atoms with E-state index in [2.05, 4.69) is 5.32 Å². The van der Waals surface area contributed by atoms with Crippen LogP contribution in [0.25, 0.3) is 10.8 Å². The van der Waals surface area contributed by atoms with Gasteiger partial charge in [-0.25, -0.2) is 13.6 Å². The molecule has 0 radical (unpaired) electrons. The molecule has 0 spiro atoms. The first-order valence-electron chi connectivity index (χ1n) is 7.47. The van der Waals surface area contributed by atoms with E-state index in [4.69, 9.17) is 9.88 Å². The zero-order chi connectivity index (χ0) is 17.9. The van der Waals surface area contributed by atoms with Gasteiger partial charge in [0.05, 0.1) is 4.90 Å². The number of benzene rings is 3. The number of nitrogens with one attached hydrogen (secondary N) is 1. The van der Waals surface area contributed by atoms with Gasteiger partial charge in [0, 0.05) is 11.1 Å². The van der Waals surface area contributed by atoms with Crippen LogP contribution in [-0.4, -0.2) is 20.9 Å². The van der Waals surface area contributed by atoms with Crippen molar-refractivity contribution in [3.05, 3.63) is 66.7 Å². The van der Waals surface area contributed by atoms with Crippen molar-refractivity contribution in [1.29, 1.82) is 0 Å². The Balaban J connectivity index is 1.65. The Morgan fingerprint density at radius 2 is 1.64 bits per heavy atom. The summed E-state index contributed by atoms with van der Waals surface area (Å²) in [6, 6.07) is 19.0. The summed E-state index contributed by atoms with van der Waals surface area (Å²) in [5, 5.41) is 9.62. The standard InChI is InChI=1S/C18H16N2O4S/c19-25(22,23)15-10-8-14(9-11-15)20-18(21)12-24-17-7-3-5-13-4-1-2-6-16(13)17/h1-11H,12H2,(H,20,21)(H2,19,22,23). The molecule has 0 aliphatic heterocycles. The lowest BCUT2D eigenvalue weighted by atomic mass is 10.1. The first kappa shape index (κ1) is 16.9. The van der Waals surface area contributed by atoms with Crippen LogP contribution in [0.15, 0.2) is 71.6 Å². The van der Waals surface area contributed by atoms with Crippen molar-refractivity contribution in [3.63, 3.8) is 0 Å². The predicted octanol–water partition coefficient (Wildman–Crippen LogP) is 2.50. The quantitative estimate of drug-likeness (QED) is 0.734. The summed E-state index contributed by atoms with van der Waals surface area (Å²) in [6.07, 6.45) is 0. The Morgan fingerprint density at radius 1 is 0.960 bits per heavy atom. The van der Waals surface area contributed by atoms with Crippen molar-refractivity contribution in [1.82, 2.24) is 0 Å². The molecule has 0 atom stereocenters. The molecule has 1 amide bonds. The summed E-state index contributed by atoms with van der Waals surface area (Å²) in [7, 11) is -3.75. The second kappa shape index (κ2) is 6.92. The fraction of sp³-hybridized carbons (Fsp3) is 0.0556. The molecule has 3 aromatic carbocycles. The third-order valence-electron chi connectivity index (χ3n) is 3.58. The van der Waals surface area contributed by atoms with Crippen LogP contribution in [0.5, 0.6) is 5.75 Å². The van der Waals surface area contributed by atoms with Gasteiger partial charge in [0.15, 0.2) is 6.61 Å². The second-order valence-corrected chi connectivity index (χ2v) is 6.94. The van der Waals surface area contributed by atoms with E-state index in [0.29, 0.717) is 11.4 Å². The summed E-state index contributed by atoms with van der Waals surface area (Å²) in [5.74, 6) is 0.272. The molecule has 0 bridgehead atoms. The van der Waals surface area contributed by atoms with Gasteiger partial charge in [0.1, 0.15) is 5.75 Å². The maximum Gasteiger partial charge on any atom is 0.262 e. The number of primary sulfonamides is 1. The van der Waals surface area contributed by atoms with E-state index in [1.165, 1.54) is 24.3 Å². The maximum atomic E-state index is 12.0. The van der Waals surface area contributed by atoms with Crippen molar-refractivity contribution in [2.24, 2.45) is 5.14 Å². The van der Waals surface area contributed by atoms with Crippen molar-refractivity contribution < 1.29 is 17.9 Å². The van der Waals surface area contributed by atoms with E-state index in [0.717, 1.165) is 10.8 Å². The van der Waals surface area contributed by atoms with Crippen molar-refractivity contribution in [2.75, 3.05) is 11.9 Å². The van der Waals surface area contributed by atoms with Gasteiger partial charge in [-0.05, 0) is 35.7 Å². The first-order valence-corrected chi connectivity index (χ1v) is 9.01. The van der Waals surface area contributed by atoms with Crippen LogP contribution in [0.1, 0.15) is 0 Å². The van der Waals surface area contributed by atoms with E-state index in [9.17, 15) is 13.2 Å². The third-order valence-corrected chi connectivity index (χ3v) is 4.50. The molecule has 0 aliphatic rings. The number of fused-ring (bicyclic) bond motifs is 1. The number of anilines is 1. The molecule has 0 unspecified atom stereocenters. The predicted molar refractivity (Wildman–Crippen MR) is 95.9 cm³/mol. The average Bonchev–Trinajstić information content (AvgIpc) is 2.59. The normalized spacial score (nSPS) is 11.2. The number of nitrogens with two attached hydrogens (primary N) is 1. The number of amides is 1. The van der Waals surface area contributed by atoms with E-state index in [-0.39, 0.29) is 17.4 Å². The number of sulfonamides is 1. The fourth-order valence-corrected chi connectivity index (χ4v) is 2.91. The Kier molecular flexibility index (Phi) is 4.69. The second-order valence-electron chi connectivity index (χ2n) is 5.38. The van der Waals surface area contributed by atoms with Crippen LogP contribution in [0.3, 0.4) is 0 Å². The molecule has 128 valence electrons. The Bertz CT molecular complexity index is 1010. The summed E-state index contributed by atoms with van der Waals surface area (Å²) in [6.45, 7) is -0.162. The number of hydrogen-bond donors (Lipinski definition) is 2. The Hall–Kier alpha value is -2.90. The minimum atomic E-state index is -3.75. The van der Waals surface area contributed by atoms with E-state index in [1.54, 1.807) is 6.07 Å². The highest BCUT2D eigenvalue weighted by molar-refractivity contribution is 7.89. The monoisotopic (exact) mass is 356 g/mol. The highest BCUT2D eigenvalue weighted by atomic mass is 32.2.